The van der Waals surface area contributed by atoms with Crippen molar-refractivity contribution in [3.05, 3.63) is 35.9 Å². The van der Waals surface area contributed by atoms with Gasteiger partial charge in [-0.15, -0.1) is 0 Å². The van der Waals surface area contributed by atoms with Gasteiger partial charge in [-0.1, -0.05) is 62.9 Å². The minimum absolute atomic E-state index is 0.701. The van der Waals surface area contributed by atoms with E-state index in [1.165, 1.54) is 63.4 Å². The fraction of sp³-hybridized carbons (Fsp3) is 0.647. The van der Waals surface area contributed by atoms with Gasteiger partial charge in [-0.25, -0.2) is 0 Å². The predicted molar refractivity (Wildman–Crippen MR) is 75.2 cm³/mol. The van der Waals surface area contributed by atoms with Gasteiger partial charge in [0.1, 0.15) is 0 Å². The van der Waals surface area contributed by atoms with Gasteiger partial charge in [0.15, 0.2) is 0 Å². The van der Waals surface area contributed by atoms with Crippen LogP contribution in [0.3, 0.4) is 0 Å². The van der Waals surface area contributed by atoms with Gasteiger partial charge in [-0.2, -0.15) is 0 Å². The summed E-state index contributed by atoms with van der Waals surface area (Å²) in [7, 11) is 0. The predicted octanol–water partition coefficient (Wildman–Crippen LogP) is 5.37. The monoisotopic (exact) mass is 230 g/mol. The van der Waals surface area contributed by atoms with E-state index >= 15 is 0 Å². The summed E-state index contributed by atoms with van der Waals surface area (Å²) >= 11 is 0. The lowest BCUT2D eigenvalue weighted by atomic mass is 9.83. The molecule has 1 aliphatic rings. The Morgan fingerprint density at radius 2 is 1.65 bits per heavy atom. The summed E-state index contributed by atoms with van der Waals surface area (Å²) in [5.41, 5.74) is 2.20. The second-order valence-electron chi connectivity index (χ2n) is 6.06. The molecule has 0 heterocycles. The third-order valence-corrected chi connectivity index (χ3v) is 4.40. The Hall–Kier alpha value is -0.780. The van der Waals surface area contributed by atoms with Crippen LogP contribution in [0.4, 0.5) is 0 Å². The SMILES string of the molecule is CC1(CCCCCc2ccccc2)CCCC1. The van der Waals surface area contributed by atoms with Crippen molar-refractivity contribution in [2.75, 3.05) is 0 Å². The van der Waals surface area contributed by atoms with E-state index in [-0.39, 0.29) is 0 Å². The first kappa shape index (κ1) is 12.7. The highest BCUT2D eigenvalue weighted by Gasteiger charge is 2.27. The lowest BCUT2D eigenvalue weighted by Crippen LogP contribution is -2.10. The van der Waals surface area contributed by atoms with Crippen molar-refractivity contribution in [2.24, 2.45) is 5.41 Å². The molecule has 0 heteroatoms. The number of benzene rings is 1. The summed E-state index contributed by atoms with van der Waals surface area (Å²) in [5, 5.41) is 0. The Morgan fingerprint density at radius 1 is 0.941 bits per heavy atom. The maximum atomic E-state index is 2.50. The standard InChI is InChI=1S/C17H26/c1-17(14-8-9-15-17)13-7-3-6-12-16-10-4-2-5-11-16/h2,4-5,10-11H,3,6-9,12-15H2,1H3. The highest BCUT2D eigenvalue weighted by Crippen LogP contribution is 2.41. The lowest BCUT2D eigenvalue weighted by Gasteiger charge is -2.23. The van der Waals surface area contributed by atoms with Gasteiger partial charge in [0.2, 0.25) is 0 Å². The first-order chi connectivity index (χ1) is 8.29. The van der Waals surface area contributed by atoms with Crippen LogP contribution in [0.2, 0.25) is 0 Å². The van der Waals surface area contributed by atoms with Crippen molar-refractivity contribution in [3.63, 3.8) is 0 Å². The van der Waals surface area contributed by atoms with Gasteiger partial charge in [0.25, 0.3) is 0 Å². The molecular formula is C17H26. The second kappa shape index (κ2) is 6.23. The minimum atomic E-state index is 0.701. The molecular weight excluding hydrogens is 204 g/mol. The molecule has 1 saturated carbocycles. The van der Waals surface area contributed by atoms with Crippen molar-refractivity contribution in [2.45, 2.75) is 64.7 Å². The summed E-state index contributed by atoms with van der Waals surface area (Å²) in [6, 6.07) is 10.9. The zero-order chi connectivity index (χ0) is 12.0. The van der Waals surface area contributed by atoms with Gasteiger partial charge in [0, 0.05) is 0 Å². The molecule has 0 saturated heterocycles. The van der Waals surface area contributed by atoms with Crippen molar-refractivity contribution in [1.29, 1.82) is 0 Å². The van der Waals surface area contributed by atoms with Crippen LogP contribution in [0.25, 0.3) is 0 Å². The quantitative estimate of drug-likeness (QED) is 0.576. The Morgan fingerprint density at radius 3 is 2.35 bits per heavy atom. The second-order valence-corrected chi connectivity index (χ2v) is 6.06. The molecule has 1 aromatic carbocycles. The summed E-state index contributed by atoms with van der Waals surface area (Å²) in [5.74, 6) is 0. The fourth-order valence-electron chi connectivity index (χ4n) is 3.18. The Labute approximate surface area is 106 Å². The van der Waals surface area contributed by atoms with Crippen molar-refractivity contribution in [1.82, 2.24) is 0 Å². The molecule has 1 fully saturated rings. The van der Waals surface area contributed by atoms with E-state index < -0.39 is 0 Å². The molecule has 94 valence electrons. The highest BCUT2D eigenvalue weighted by atomic mass is 14.3. The maximum absolute atomic E-state index is 2.50. The number of rotatable bonds is 6. The van der Waals surface area contributed by atoms with Crippen LogP contribution < -0.4 is 0 Å². The van der Waals surface area contributed by atoms with E-state index in [1.54, 1.807) is 0 Å². The maximum Gasteiger partial charge on any atom is -0.0279 e. The van der Waals surface area contributed by atoms with Gasteiger partial charge < -0.3 is 0 Å². The molecule has 0 aromatic heterocycles. The Bertz CT molecular complexity index is 306. The summed E-state index contributed by atoms with van der Waals surface area (Å²) in [6.07, 6.45) is 12.8. The van der Waals surface area contributed by atoms with Gasteiger partial charge in [-0.3, -0.25) is 0 Å². The van der Waals surface area contributed by atoms with E-state index in [2.05, 4.69) is 37.3 Å². The summed E-state index contributed by atoms with van der Waals surface area (Å²) in [4.78, 5) is 0. The van der Waals surface area contributed by atoms with Gasteiger partial charge in [-0.05, 0) is 43.1 Å². The first-order valence-electron chi connectivity index (χ1n) is 7.32. The minimum Gasteiger partial charge on any atom is -0.0622 e. The molecule has 0 radical (unpaired) electrons. The van der Waals surface area contributed by atoms with Crippen LogP contribution in [-0.4, -0.2) is 0 Å². The molecule has 1 aromatic rings. The lowest BCUT2D eigenvalue weighted by molar-refractivity contribution is 0.295. The normalized spacial score (nSPS) is 18.4. The van der Waals surface area contributed by atoms with Crippen molar-refractivity contribution in [3.8, 4) is 0 Å². The third-order valence-electron chi connectivity index (χ3n) is 4.40. The Kier molecular flexibility index (Phi) is 4.65. The smallest absolute Gasteiger partial charge is 0.0279 e. The summed E-state index contributed by atoms with van der Waals surface area (Å²) in [6.45, 7) is 2.50. The van der Waals surface area contributed by atoms with Crippen LogP contribution in [0.1, 0.15) is 63.9 Å². The zero-order valence-corrected chi connectivity index (χ0v) is 11.3. The highest BCUT2D eigenvalue weighted by molar-refractivity contribution is 5.14. The molecule has 0 bridgehead atoms. The molecule has 2 rings (SSSR count). The van der Waals surface area contributed by atoms with Crippen molar-refractivity contribution >= 4 is 0 Å². The average molecular weight is 230 g/mol. The van der Waals surface area contributed by atoms with Crippen LogP contribution >= 0.6 is 0 Å². The molecule has 0 aliphatic heterocycles. The largest absolute Gasteiger partial charge is 0.0622 e. The first-order valence-corrected chi connectivity index (χ1v) is 7.32. The van der Waals surface area contributed by atoms with E-state index in [9.17, 15) is 0 Å². The molecule has 0 atom stereocenters. The number of unbranched alkanes of at least 4 members (excludes halogenated alkanes) is 2. The van der Waals surface area contributed by atoms with Crippen molar-refractivity contribution < 1.29 is 0 Å². The average Bonchev–Trinajstić information content (AvgIpc) is 2.77. The molecule has 1 aliphatic carbocycles. The number of aryl methyl sites for hydroxylation is 1. The van der Waals surface area contributed by atoms with E-state index in [1.807, 2.05) is 0 Å². The fourth-order valence-corrected chi connectivity index (χ4v) is 3.18. The molecule has 0 spiro atoms. The zero-order valence-electron chi connectivity index (χ0n) is 11.3. The number of hydrogen-bond acceptors (Lipinski definition) is 0. The third kappa shape index (κ3) is 4.18. The van der Waals surface area contributed by atoms with Crippen LogP contribution in [0, 0.1) is 5.41 Å². The molecule has 0 unspecified atom stereocenters. The molecule has 0 nitrogen and oxygen atoms in total. The van der Waals surface area contributed by atoms with Gasteiger partial charge in [0.05, 0.1) is 0 Å². The van der Waals surface area contributed by atoms with E-state index in [4.69, 9.17) is 0 Å². The van der Waals surface area contributed by atoms with Gasteiger partial charge >= 0.3 is 0 Å². The van der Waals surface area contributed by atoms with Crippen LogP contribution in [0.5, 0.6) is 0 Å². The topological polar surface area (TPSA) is 0 Å². The Balaban J connectivity index is 1.58. The molecule has 17 heavy (non-hydrogen) atoms. The van der Waals surface area contributed by atoms with Crippen LogP contribution in [-0.2, 0) is 6.42 Å². The number of hydrogen-bond donors (Lipinski definition) is 0. The summed E-state index contributed by atoms with van der Waals surface area (Å²) < 4.78 is 0. The van der Waals surface area contributed by atoms with Crippen LogP contribution in [0.15, 0.2) is 30.3 Å². The molecule has 0 N–H and O–H groups in total. The van der Waals surface area contributed by atoms with E-state index in [0.717, 1.165) is 0 Å². The molecule has 0 amide bonds. The van der Waals surface area contributed by atoms with E-state index in [0.29, 0.717) is 5.41 Å².